The Bertz CT molecular complexity index is 710. The Balaban J connectivity index is 1.81. The number of hydrogen-bond donors (Lipinski definition) is 1. The van der Waals surface area contributed by atoms with Crippen molar-refractivity contribution in [2.24, 2.45) is 0 Å². The van der Waals surface area contributed by atoms with Crippen LogP contribution in [0.1, 0.15) is 29.7 Å². The fraction of sp³-hybridized carbons (Fsp3) is 0.222. The smallest absolute Gasteiger partial charge is 0.230 e. The van der Waals surface area contributed by atoms with E-state index in [9.17, 15) is 4.79 Å². The molecule has 0 radical (unpaired) electrons. The molecule has 0 aliphatic heterocycles. The molecule has 1 atom stereocenters. The molecule has 2 rings (SSSR count). The quantitative estimate of drug-likeness (QED) is 0.848. The van der Waals surface area contributed by atoms with Gasteiger partial charge in [-0.15, -0.1) is 11.8 Å². The first-order chi connectivity index (χ1) is 11.1. The lowest BCUT2D eigenvalue weighted by Gasteiger charge is -2.14. The number of nitriles is 1. The molecule has 0 aliphatic carbocycles. The highest BCUT2D eigenvalue weighted by molar-refractivity contribution is 7.99. The molecular formula is C18H17ClN2OS. The fourth-order valence-corrected chi connectivity index (χ4v) is 3.10. The number of halogens is 1. The predicted octanol–water partition coefficient (Wildman–Crippen LogP) is 4.32. The summed E-state index contributed by atoms with van der Waals surface area (Å²) in [6.07, 6.45) is 0. The Morgan fingerprint density at radius 3 is 2.65 bits per heavy atom. The minimum Gasteiger partial charge on any atom is -0.349 e. The van der Waals surface area contributed by atoms with Crippen molar-refractivity contribution in [2.75, 3.05) is 5.75 Å². The minimum atomic E-state index is -0.0632. The van der Waals surface area contributed by atoms with E-state index in [1.54, 1.807) is 6.07 Å². The van der Waals surface area contributed by atoms with Crippen LogP contribution < -0.4 is 5.32 Å². The van der Waals surface area contributed by atoms with Gasteiger partial charge in [-0.2, -0.15) is 5.26 Å². The summed E-state index contributed by atoms with van der Waals surface area (Å²) in [5.74, 6) is 0.983. The maximum absolute atomic E-state index is 12.0. The molecule has 0 saturated carbocycles. The summed E-state index contributed by atoms with van der Waals surface area (Å²) >= 11 is 7.36. The average Bonchev–Trinajstić information content (AvgIpc) is 2.55. The third kappa shape index (κ3) is 5.31. The number of nitrogens with one attached hydrogen (secondary N) is 1. The van der Waals surface area contributed by atoms with Crippen LogP contribution in [0.5, 0.6) is 0 Å². The monoisotopic (exact) mass is 344 g/mol. The standard InChI is InChI=1S/C18H17ClN2OS/c1-13(14-6-8-17(19)9-7-14)21-18(22)12-23-11-16-5-3-2-4-15(16)10-20/h2-9,13H,11-12H2,1H3,(H,21,22)/t13-/m1/s1. The van der Waals surface area contributed by atoms with Crippen molar-refractivity contribution < 1.29 is 4.79 Å². The summed E-state index contributed by atoms with van der Waals surface area (Å²) < 4.78 is 0. The lowest BCUT2D eigenvalue weighted by molar-refractivity contribution is -0.119. The molecule has 0 unspecified atom stereocenters. The highest BCUT2D eigenvalue weighted by atomic mass is 35.5. The largest absolute Gasteiger partial charge is 0.349 e. The van der Waals surface area contributed by atoms with E-state index in [-0.39, 0.29) is 11.9 Å². The molecule has 118 valence electrons. The molecule has 0 heterocycles. The molecule has 3 nitrogen and oxygen atoms in total. The fourth-order valence-electron chi connectivity index (χ4n) is 2.13. The molecule has 23 heavy (non-hydrogen) atoms. The summed E-state index contributed by atoms with van der Waals surface area (Å²) in [6.45, 7) is 1.94. The van der Waals surface area contributed by atoms with Crippen LogP contribution in [0.3, 0.4) is 0 Å². The van der Waals surface area contributed by atoms with Crippen LogP contribution >= 0.6 is 23.4 Å². The third-order valence-corrected chi connectivity index (χ3v) is 4.61. The van der Waals surface area contributed by atoms with Gasteiger partial charge in [0.1, 0.15) is 0 Å². The van der Waals surface area contributed by atoms with Gasteiger partial charge < -0.3 is 5.32 Å². The van der Waals surface area contributed by atoms with E-state index in [1.807, 2.05) is 49.4 Å². The lowest BCUT2D eigenvalue weighted by Crippen LogP contribution is -2.28. The van der Waals surface area contributed by atoms with E-state index in [1.165, 1.54) is 11.8 Å². The Hall–Kier alpha value is -1.96. The SMILES string of the molecule is C[C@@H](NC(=O)CSCc1ccccc1C#N)c1ccc(Cl)cc1. The number of nitrogens with zero attached hydrogens (tertiary/aromatic N) is 1. The van der Waals surface area contributed by atoms with Gasteiger partial charge in [-0.25, -0.2) is 0 Å². The summed E-state index contributed by atoms with van der Waals surface area (Å²) in [6, 6.07) is 17.0. The molecule has 0 bridgehead atoms. The van der Waals surface area contributed by atoms with Gasteiger partial charge in [0.25, 0.3) is 0 Å². The molecule has 0 fully saturated rings. The van der Waals surface area contributed by atoms with Gasteiger partial charge in [-0.3, -0.25) is 4.79 Å². The maximum atomic E-state index is 12.0. The number of thioether (sulfide) groups is 1. The molecule has 0 aromatic heterocycles. The van der Waals surface area contributed by atoms with Crippen LogP contribution in [-0.4, -0.2) is 11.7 Å². The molecule has 2 aromatic carbocycles. The van der Waals surface area contributed by atoms with E-state index in [2.05, 4.69) is 11.4 Å². The summed E-state index contributed by atoms with van der Waals surface area (Å²) in [5.41, 5.74) is 2.64. The van der Waals surface area contributed by atoms with Crippen LogP contribution in [-0.2, 0) is 10.5 Å². The van der Waals surface area contributed by atoms with E-state index < -0.39 is 0 Å². The highest BCUT2D eigenvalue weighted by Gasteiger charge is 2.10. The Kier molecular flexibility index (Phi) is 6.52. The van der Waals surface area contributed by atoms with Gasteiger partial charge in [0.15, 0.2) is 0 Å². The summed E-state index contributed by atoms with van der Waals surface area (Å²) in [7, 11) is 0. The van der Waals surface area contributed by atoms with E-state index >= 15 is 0 Å². The van der Waals surface area contributed by atoms with Crippen LogP contribution in [0.4, 0.5) is 0 Å². The van der Waals surface area contributed by atoms with Crippen LogP contribution in [0.25, 0.3) is 0 Å². The number of carbonyl (C=O) groups excluding carboxylic acids is 1. The van der Waals surface area contributed by atoms with Crippen molar-refractivity contribution in [2.45, 2.75) is 18.7 Å². The Labute approximate surface area is 145 Å². The number of amides is 1. The first kappa shape index (κ1) is 17.4. The Morgan fingerprint density at radius 1 is 1.26 bits per heavy atom. The number of benzene rings is 2. The van der Waals surface area contributed by atoms with Gasteiger partial charge in [-0.05, 0) is 36.2 Å². The number of hydrogen-bond acceptors (Lipinski definition) is 3. The van der Waals surface area contributed by atoms with Gasteiger partial charge in [0, 0.05) is 10.8 Å². The maximum Gasteiger partial charge on any atom is 0.230 e. The van der Waals surface area contributed by atoms with Gasteiger partial charge >= 0.3 is 0 Å². The molecule has 5 heteroatoms. The van der Waals surface area contributed by atoms with E-state index in [4.69, 9.17) is 16.9 Å². The minimum absolute atomic E-state index is 0.0214. The predicted molar refractivity (Wildman–Crippen MR) is 95.3 cm³/mol. The molecule has 1 amide bonds. The number of carbonyl (C=O) groups is 1. The zero-order chi connectivity index (χ0) is 16.7. The second-order valence-electron chi connectivity index (χ2n) is 5.10. The van der Waals surface area contributed by atoms with Crippen LogP contribution in [0.15, 0.2) is 48.5 Å². The Morgan fingerprint density at radius 2 is 1.96 bits per heavy atom. The zero-order valence-corrected chi connectivity index (χ0v) is 14.3. The molecule has 0 saturated heterocycles. The molecule has 2 aromatic rings. The highest BCUT2D eigenvalue weighted by Crippen LogP contribution is 2.18. The van der Waals surface area contributed by atoms with Crippen molar-refractivity contribution in [3.63, 3.8) is 0 Å². The topological polar surface area (TPSA) is 52.9 Å². The van der Waals surface area contributed by atoms with Gasteiger partial charge in [0.05, 0.1) is 23.4 Å². The van der Waals surface area contributed by atoms with Crippen molar-refractivity contribution in [3.05, 3.63) is 70.2 Å². The average molecular weight is 345 g/mol. The first-order valence-corrected chi connectivity index (χ1v) is 8.74. The van der Waals surface area contributed by atoms with E-state index in [0.717, 1.165) is 11.1 Å². The first-order valence-electron chi connectivity index (χ1n) is 7.20. The van der Waals surface area contributed by atoms with Crippen molar-refractivity contribution in [1.82, 2.24) is 5.32 Å². The number of rotatable bonds is 6. The normalized spacial score (nSPS) is 11.5. The summed E-state index contributed by atoms with van der Waals surface area (Å²) in [5, 5.41) is 12.7. The zero-order valence-electron chi connectivity index (χ0n) is 12.8. The molecule has 0 spiro atoms. The second-order valence-corrected chi connectivity index (χ2v) is 6.52. The van der Waals surface area contributed by atoms with E-state index in [0.29, 0.717) is 22.1 Å². The summed E-state index contributed by atoms with van der Waals surface area (Å²) in [4.78, 5) is 12.0. The molecule has 0 aliphatic rings. The molecule has 1 N–H and O–H groups in total. The molecular weight excluding hydrogens is 328 g/mol. The van der Waals surface area contributed by atoms with Crippen LogP contribution in [0, 0.1) is 11.3 Å². The van der Waals surface area contributed by atoms with Crippen LogP contribution in [0.2, 0.25) is 5.02 Å². The van der Waals surface area contributed by atoms with Gasteiger partial charge in [0.2, 0.25) is 5.91 Å². The van der Waals surface area contributed by atoms with Crippen molar-refractivity contribution in [1.29, 1.82) is 5.26 Å². The van der Waals surface area contributed by atoms with Crippen molar-refractivity contribution >= 4 is 29.3 Å². The van der Waals surface area contributed by atoms with Gasteiger partial charge in [-0.1, -0.05) is 41.9 Å². The lowest BCUT2D eigenvalue weighted by atomic mass is 10.1. The van der Waals surface area contributed by atoms with Crippen molar-refractivity contribution in [3.8, 4) is 6.07 Å². The third-order valence-electron chi connectivity index (χ3n) is 3.38. The second kappa shape index (κ2) is 8.61.